The van der Waals surface area contributed by atoms with Crippen molar-refractivity contribution in [1.82, 2.24) is 0 Å². The summed E-state index contributed by atoms with van der Waals surface area (Å²) < 4.78 is 33.0. The number of phosphoric acid groups is 1. The van der Waals surface area contributed by atoms with Crippen LogP contribution in [-0.4, -0.2) is 60.5 Å². The molecular weight excluding hydrogens is 609 g/mol. The smallest absolute Gasteiger partial charge is 0.472 e. The minimum Gasteiger partial charge on any atom is -0.480 e. The minimum atomic E-state index is -4.61. The normalized spacial score (nSPS) is 14.9. The first-order valence-corrected chi connectivity index (χ1v) is 18.7. The summed E-state index contributed by atoms with van der Waals surface area (Å²) in [4.78, 5) is 33.2. The highest BCUT2D eigenvalue weighted by Crippen LogP contribution is 2.43. The zero-order valence-corrected chi connectivity index (χ0v) is 29.3. The first-order valence-electron chi connectivity index (χ1n) is 17.2. The van der Waals surface area contributed by atoms with E-state index in [1.807, 2.05) is 0 Å². The molecule has 0 bridgehead atoms. The standard InChI is InChI=1S/C35H62NO9P/c1-3-5-7-9-11-13-14-15-16-17-18-19-20-22-24-26-28-42-29-32(30-43-46(40,41)44-31-33(36)35(38)39)45-34(37)27-25-23-21-12-10-8-6-4-2/h5,7,11,13,15-16,18-19,32-33H,3-4,6,8-10,12,14,17,20-31,36H2,1-2H3,(H,38,39)(H,40,41)/b7-5-,13-11-,16-15-,19-18-. The Morgan fingerprint density at radius 1 is 0.717 bits per heavy atom. The highest BCUT2D eigenvalue weighted by atomic mass is 31.2. The fraction of sp³-hybridized carbons (Fsp3) is 0.714. The third-order valence-electron chi connectivity index (χ3n) is 6.87. The quantitative estimate of drug-likeness (QED) is 0.0275. The lowest BCUT2D eigenvalue weighted by Crippen LogP contribution is -2.34. The molecule has 0 saturated carbocycles. The molecule has 4 N–H and O–H groups in total. The molecule has 11 heteroatoms. The van der Waals surface area contributed by atoms with Gasteiger partial charge >= 0.3 is 19.8 Å². The Balaban J connectivity index is 4.38. The van der Waals surface area contributed by atoms with Crippen molar-refractivity contribution in [2.24, 2.45) is 5.73 Å². The van der Waals surface area contributed by atoms with Crippen LogP contribution >= 0.6 is 7.82 Å². The Morgan fingerprint density at radius 2 is 1.26 bits per heavy atom. The molecule has 0 aromatic rings. The Hall–Kier alpha value is -2.07. The van der Waals surface area contributed by atoms with Crippen LogP contribution in [-0.2, 0) is 32.7 Å². The Morgan fingerprint density at radius 3 is 1.87 bits per heavy atom. The van der Waals surface area contributed by atoms with Crippen molar-refractivity contribution in [2.45, 2.75) is 135 Å². The zero-order valence-electron chi connectivity index (χ0n) is 28.4. The molecule has 0 saturated heterocycles. The number of aliphatic carboxylic acids is 1. The molecule has 46 heavy (non-hydrogen) atoms. The molecule has 0 aliphatic rings. The predicted octanol–water partition coefficient (Wildman–Crippen LogP) is 8.36. The maximum atomic E-state index is 12.4. The SMILES string of the molecule is CC/C=C\C/C=C\C/C=C\C/C=C\CCCCCOCC(COP(=O)(O)OCC(N)C(=O)O)OC(=O)CCCCCCCCCC. The summed E-state index contributed by atoms with van der Waals surface area (Å²) in [6.07, 6.45) is 33.3. The van der Waals surface area contributed by atoms with Gasteiger partial charge in [-0.1, -0.05) is 114 Å². The number of rotatable bonds is 32. The van der Waals surface area contributed by atoms with Gasteiger partial charge in [0.15, 0.2) is 0 Å². The summed E-state index contributed by atoms with van der Waals surface area (Å²) in [5.41, 5.74) is 5.31. The average molecular weight is 672 g/mol. The number of ether oxygens (including phenoxy) is 2. The molecule has 3 atom stereocenters. The lowest BCUT2D eigenvalue weighted by atomic mass is 10.1. The van der Waals surface area contributed by atoms with Crippen molar-refractivity contribution < 1.29 is 42.7 Å². The number of allylic oxidation sites excluding steroid dienone is 8. The van der Waals surface area contributed by atoms with Crippen LogP contribution in [0.1, 0.15) is 123 Å². The summed E-state index contributed by atoms with van der Waals surface area (Å²) in [5, 5.41) is 8.83. The van der Waals surface area contributed by atoms with Gasteiger partial charge in [0.1, 0.15) is 12.1 Å². The first-order chi connectivity index (χ1) is 22.2. The molecule has 0 aromatic heterocycles. The number of hydrogen-bond acceptors (Lipinski definition) is 8. The van der Waals surface area contributed by atoms with Crippen molar-refractivity contribution in [3.63, 3.8) is 0 Å². The van der Waals surface area contributed by atoms with Crippen LogP contribution in [0, 0.1) is 0 Å². The molecule has 0 aliphatic heterocycles. The minimum absolute atomic E-state index is 0.00528. The number of carbonyl (C=O) groups excluding carboxylic acids is 1. The number of hydrogen-bond donors (Lipinski definition) is 3. The van der Waals surface area contributed by atoms with E-state index in [9.17, 15) is 19.0 Å². The molecule has 0 heterocycles. The molecular formula is C35H62NO9P. The molecule has 0 aliphatic carbocycles. The molecule has 0 rings (SSSR count). The molecule has 10 nitrogen and oxygen atoms in total. The summed E-state index contributed by atoms with van der Waals surface area (Å²) in [6.45, 7) is 3.61. The highest BCUT2D eigenvalue weighted by molar-refractivity contribution is 7.47. The zero-order chi connectivity index (χ0) is 34.1. The van der Waals surface area contributed by atoms with Gasteiger partial charge < -0.3 is 25.2 Å². The predicted molar refractivity (Wildman–Crippen MR) is 184 cm³/mol. The van der Waals surface area contributed by atoms with Gasteiger partial charge in [0, 0.05) is 13.0 Å². The number of carboxylic acids is 1. The molecule has 0 spiro atoms. The number of unbranched alkanes of at least 4 members (excludes halogenated alkanes) is 10. The summed E-state index contributed by atoms with van der Waals surface area (Å²) in [6, 6.07) is -1.48. The molecule has 3 unspecified atom stereocenters. The summed E-state index contributed by atoms with van der Waals surface area (Å²) in [7, 11) is -4.61. The number of esters is 1. The van der Waals surface area contributed by atoms with E-state index in [0.717, 1.165) is 70.6 Å². The highest BCUT2D eigenvalue weighted by Gasteiger charge is 2.27. The number of nitrogens with two attached hydrogens (primary N) is 1. The van der Waals surface area contributed by atoms with Crippen LogP contribution < -0.4 is 5.73 Å². The number of phosphoric ester groups is 1. The van der Waals surface area contributed by atoms with E-state index in [1.54, 1.807) is 0 Å². The van der Waals surface area contributed by atoms with Crippen molar-refractivity contribution in [3.05, 3.63) is 48.6 Å². The van der Waals surface area contributed by atoms with Crippen molar-refractivity contribution >= 4 is 19.8 Å². The lowest BCUT2D eigenvalue weighted by molar-refractivity contribution is -0.154. The lowest BCUT2D eigenvalue weighted by Gasteiger charge is -2.20. The average Bonchev–Trinajstić information content (AvgIpc) is 3.03. The molecule has 266 valence electrons. The molecule has 0 radical (unpaired) electrons. The fourth-order valence-electron chi connectivity index (χ4n) is 4.18. The van der Waals surface area contributed by atoms with Crippen molar-refractivity contribution in [2.75, 3.05) is 26.4 Å². The largest absolute Gasteiger partial charge is 0.480 e. The van der Waals surface area contributed by atoms with Crippen LogP contribution in [0.3, 0.4) is 0 Å². The van der Waals surface area contributed by atoms with Crippen molar-refractivity contribution in [3.8, 4) is 0 Å². The van der Waals surface area contributed by atoms with E-state index in [-0.39, 0.29) is 13.0 Å². The topological polar surface area (TPSA) is 155 Å². The van der Waals surface area contributed by atoms with Gasteiger partial charge in [-0.05, 0) is 51.4 Å². The van der Waals surface area contributed by atoms with Gasteiger partial charge in [-0.25, -0.2) is 4.57 Å². The van der Waals surface area contributed by atoms with Crippen molar-refractivity contribution in [1.29, 1.82) is 0 Å². The third kappa shape index (κ3) is 30.6. The Labute approximate surface area is 278 Å². The maximum absolute atomic E-state index is 12.4. The van der Waals surface area contributed by atoms with Gasteiger partial charge in [-0.3, -0.25) is 18.6 Å². The third-order valence-corrected chi connectivity index (χ3v) is 7.82. The van der Waals surface area contributed by atoms with E-state index in [0.29, 0.717) is 13.0 Å². The van der Waals surface area contributed by atoms with Gasteiger partial charge in [-0.2, -0.15) is 0 Å². The van der Waals surface area contributed by atoms with Crippen LogP contribution in [0.5, 0.6) is 0 Å². The van der Waals surface area contributed by atoms with Crippen LogP contribution in [0.2, 0.25) is 0 Å². The maximum Gasteiger partial charge on any atom is 0.472 e. The van der Waals surface area contributed by atoms with Gasteiger partial charge in [-0.15, -0.1) is 0 Å². The second kappa shape index (κ2) is 31.5. The summed E-state index contributed by atoms with van der Waals surface area (Å²) >= 11 is 0. The second-order valence-corrected chi connectivity index (χ2v) is 12.7. The van der Waals surface area contributed by atoms with E-state index >= 15 is 0 Å². The Bertz CT molecular complexity index is 920. The van der Waals surface area contributed by atoms with Crippen LogP contribution in [0.15, 0.2) is 48.6 Å². The van der Waals surface area contributed by atoms with E-state index < -0.39 is 45.1 Å². The molecule has 0 aromatic carbocycles. The van der Waals surface area contributed by atoms with Gasteiger partial charge in [0.25, 0.3) is 0 Å². The fourth-order valence-corrected chi connectivity index (χ4v) is 4.96. The van der Waals surface area contributed by atoms with E-state index in [2.05, 4.69) is 67.0 Å². The van der Waals surface area contributed by atoms with Gasteiger partial charge in [0.2, 0.25) is 0 Å². The van der Waals surface area contributed by atoms with Crippen LogP contribution in [0.4, 0.5) is 0 Å². The molecule has 0 amide bonds. The summed E-state index contributed by atoms with van der Waals surface area (Å²) in [5.74, 6) is -1.80. The van der Waals surface area contributed by atoms with E-state index in [1.165, 1.54) is 25.7 Å². The molecule has 0 fully saturated rings. The number of carbonyl (C=O) groups is 2. The monoisotopic (exact) mass is 671 g/mol. The second-order valence-electron chi connectivity index (χ2n) is 11.3. The Kier molecular flexibility index (Phi) is 30.1. The first kappa shape index (κ1) is 43.9. The van der Waals surface area contributed by atoms with Crippen LogP contribution in [0.25, 0.3) is 0 Å². The van der Waals surface area contributed by atoms with E-state index in [4.69, 9.17) is 24.8 Å². The number of carboxylic acid groups (broad SMARTS) is 1. The van der Waals surface area contributed by atoms with Gasteiger partial charge in [0.05, 0.1) is 19.8 Å².